The van der Waals surface area contributed by atoms with Crippen LogP contribution in [0.3, 0.4) is 0 Å². The molecule has 0 atom stereocenters. The van der Waals surface area contributed by atoms with E-state index in [4.69, 9.17) is 15.2 Å². The van der Waals surface area contributed by atoms with Gasteiger partial charge in [0.05, 0.1) is 19.8 Å². The van der Waals surface area contributed by atoms with Crippen molar-refractivity contribution in [2.24, 2.45) is 0 Å². The van der Waals surface area contributed by atoms with Crippen LogP contribution in [0.5, 0.6) is 11.5 Å². The first-order chi connectivity index (χ1) is 14.7. The van der Waals surface area contributed by atoms with E-state index in [1.165, 1.54) is 27.6 Å². The Balaban J connectivity index is 0.00000272. The Labute approximate surface area is 196 Å². The Bertz CT molecular complexity index is 986. The topological polar surface area (TPSA) is 65.7 Å². The molecule has 4 rings (SSSR count). The monoisotopic (exact) mass is 507 g/mol. The molecule has 3 aromatic carbocycles. The summed E-state index contributed by atoms with van der Waals surface area (Å²) in [6.45, 7) is 2.41. The Morgan fingerprint density at radius 1 is 1.00 bits per heavy atom. The van der Waals surface area contributed by atoms with Crippen molar-refractivity contribution < 1.29 is 34.1 Å². The molecule has 165 valence electrons. The number of ether oxygens (including phenoxy) is 2. The Kier molecular flexibility index (Phi) is 8.31. The number of hydrogen-bond donors (Lipinski definition) is 1. The SMILES string of the molecule is COc1ccc2c(Cc3ccc(OCC[NH-])cc3)c(N3CCC(O)CC3)ccc2c1.[Ru+]. The van der Waals surface area contributed by atoms with Crippen LogP contribution in [-0.4, -0.2) is 44.6 Å². The molecule has 1 fully saturated rings. The van der Waals surface area contributed by atoms with Crippen molar-refractivity contribution in [2.45, 2.75) is 25.4 Å². The van der Waals surface area contributed by atoms with Crippen LogP contribution < -0.4 is 14.4 Å². The molecule has 0 saturated carbocycles. The molecule has 5 nitrogen and oxygen atoms in total. The summed E-state index contributed by atoms with van der Waals surface area (Å²) < 4.78 is 11.0. The summed E-state index contributed by atoms with van der Waals surface area (Å²) >= 11 is 0. The van der Waals surface area contributed by atoms with E-state index >= 15 is 0 Å². The third kappa shape index (κ3) is 5.57. The van der Waals surface area contributed by atoms with Crippen molar-refractivity contribution in [2.75, 3.05) is 38.3 Å². The van der Waals surface area contributed by atoms with Crippen LogP contribution in [0.25, 0.3) is 16.5 Å². The van der Waals surface area contributed by atoms with E-state index in [1.54, 1.807) is 7.11 Å². The van der Waals surface area contributed by atoms with Gasteiger partial charge < -0.3 is 25.2 Å². The van der Waals surface area contributed by atoms with Crippen LogP contribution in [0.15, 0.2) is 54.6 Å². The standard InChI is InChI=1S/C25H29N2O3.Ru/c1-29-22-7-8-23-19(17-22)4-9-25(27-13-10-20(28)11-14-27)24(23)16-18-2-5-21(6-3-18)30-15-12-26;/h2-9,17,20,26,28H,10-16H2,1H3;/q-1;+1. The number of fused-ring (bicyclic) bond motifs is 1. The van der Waals surface area contributed by atoms with Crippen LogP contribution in [0, 0.1) is 0 Å². The molecule has 0 spiro atoms. The molecule has 2 N–H and O–H groups in total. The van der Waals surface area contributed by atoms with Gasteiger partial charge in [-0.1, -0.05) is 24.3 Å². The van der Waals surface area contributed by atoms with Crippen molar-refractivity contribution in [1.82, 2.24) is 0 Å². The number of nitrogens with zero attached hydrogens (tertiary/aromatic N) is 1. The molecule has 0 bridgehead atoms. The average molecular weight is 507 g/mol. The zero-order chi connectivity index (χ0) is 20.9. The smallest absolute Gasteiger partial charge is 0.675 e. The second kappa shape index (κ2) is 10.9. The minimum atomic E-state index is -0.189. The number of hydrogen-bond acceptors (Lipinski definition) is 4. The van der Waals surface area contributed by atoms with E-state index in [9.17, 15) is 5.11 Å². The number of nitrogens with one attached hydrogen (secondary N) is 1. The van der Waals surface area contributed by atoms with E-state index in [0.29, 0.717) is 6.61 Å². The normalized spacial score (nSPS) is 14.4. The average Bonchev–Trinajstić information content (AvgIpc) is 2.79. The fourth-order valence-corrected chi connectivity index (χ4v) is 4.15. The Morgan fingerprint density at radius 3 is 2.39 bits per heavy atom. The van der Waals surface area contributed by atoms with Gasteiger partial charge in [-0.05, 0) is 65.1 Å². The van der Waals surface area contributed by atoms with Gasteiger partial charge in [-0.15, -0.1) is 6.54 Å². The van der Waals surface area contributed by atoms with Gasteiger partial charge in [0.2, 0.25) is 0 Å². The van der Waals surface area contributed by atoms with Crippen molar-refractivity contribution in [1.29, 1.82) is 0 Å². The number of rotatable bonds is 7. The molecule has 3 aromatic rings. The van der Waals surface area contributed by atoms with E-state index in [2.05, 4.69) is 41.3 Å². The number of benzene rings is 3. The molecule has 1 aliphatic rings. The quantitative estimate of drug-likeness (QED) is 0.467. The number of aliphatic hydroxyl groups excluding tert-OH is 1. The molecule has 0 amide bonds. The molecule has 1 aliphatic heterocycles. The minimum Gasteiger partial charge on any atom is -0.675 e. The van der Waals surface area contributed by atoms with Gasteiger partial charge >= 0.3 is 19.5 Å². The van der Waals surface area contributed by atoms with Gasteiger partial charge in [0.1, 0.15) is 11.5 Å². The summed E-state index contributed by atoms with van der Waals surface area (Å²) in [5.41, 5.74) is 11.0. The van der Waals surface area contributed by atoms with Crippen molar-refractivity contribution >= 4 is 16.5 Å². The Morgan fingerprint density at radius 2 is 1.71 bits per heavy atom. The largest absolute Gasteiger partial charge is 1.00 e. The number of aliphatic hydroxyl groups is 1. The van der Waals surface area contributed by atoms with Gasteiger partial charge in [-0.25, -0.2) is 0 Å². The Hall–Kier alpha value is -2.14. The summed E-state index contributed by atoms with van der Waals surface area (Å²) in [5, 5.41) is 12.3. The number of piperidine rings is 1. The van der Waals surface area contributed by atoms with Gasteiger partial charge in [-0.2, -0.15) is 0 Å². The summed E-state index contributed by atoms with van der Waals surface area (Å²) in [4.78, 5) is 2.40. The molecule has 6 heteroatoms. The van der Waals surface area contributed by atoms with Gasteiger partial charge in [0, 0.05) is 25.2 Å². The maximum Gasteiger partial charge on any atom is 1.00 e. The predicted molar refractivity (Wildman–Crippen MR) is 122 cm³/mol. The maximum absolute atomic E-state index is 9.93. The number of anilines is 1. The maximum atomic E-state index is 9.93. The molecule has 1 radical (unpaired) electrons. The van der Waals surface area contributed by atoms with Crippen LogP contribution >= 0.6 is 0 Å². The third-order valence-electron chi connectivity index (χ3n) is 5.79. The molecule has 0 aromatic heterocycles. The first kappa shape index (κ1) is 23.5. The fourth-order valence-electron chi connectivity index (χ4n) is 4.15. The van der Waals surface area contributed by atoms with Gasteiger partial charge in [-0.3, -0.25) is 0 Å². The van der Waals surface area contributed by atoms with E-state index in [-0.39, 0.29) is 32.1 Å². The van der Waals surface area contributed by atoms with Crippen LogP contribution in [0.1, 0.15) is 24.0 Å². The first-order valence-electron chi connectivity index (χ1n) is 10.6. The van der Waals surface area contributed by atoms with Gasteiger partial charge in [0.25, 0.3) is 0 Å². The second-order valence-corrected chi connectivity index (χ2v) is 7.79. The predicted octanol–water partition coefficient (Wildman–Crippen LogP) is 4.83. The van der Waals surface area contributed by atoms with Crippen molar-refractivity contribution in [3.63, 3.8) is 0 Å². The summed E-state index contributed by atoms with van der Waals surface area (Å²) in [6, 6.07) is 18.8. The molecule has 0 aliphatic carbocycles. The summed E-state index contributed by atoms with van der Waals surface area (Å²) in [5.74, 6) is 1.66. The zero-order valence-electron chi connectivity index (χ0n) is 17.8. The molecule has 1 heterocycles. The molecule has 0 unspecified atom stereocenters. The van der Waals surface area contributed by atoms with Crippen LogP contribution in [0.2, 0.25) is 0 Å². The number of methoxy groups -OCH3 is 1. The van der Waals surface area contributed by atoms with E-state index in [1.807, 2.05) is 18.2 Å². The van der Waals surface area contributed by atoms with Gasteiger partial charge in [0.15, 0.2) is 0 Å². The van der Waals surface area contributed by atoms with E-state index < -0.39 is 0 Å². The second-order valence-electron chi connectivity index (χ2n) is 7.79. The summed E-state index contributed by atoms with van der Waals surface area (Å²) in [7, 11) is 1.69. The third-order valence-corrected chi connectivity index (χ3v) is 5.79. The van der Waals surface area contributed by atoms with Crippen molar-refractivity contribution in [3.05, 3.63) is 71.5 Å². The zero-order valence-corrected chi connectivity index (χ0v) is 19.5. The van der Waals surface area contributed by atoms with Crippen LogP contribution in [0.4, 0.5) is 5.69 Å². The molecular weight excluding hydrogens is 477 g/mol. The molecule has 1 saturated heterocycles. The van der Waals surface area contributed by atoms with Crippen LogP contribution in [-0.2, 0) is 25.9 Å². The molecular formula is C25H29N2O3Ru. The van der Waals surface area contributed by atoms with Crippen molar-refractivity contribution in [3.8, 4) is 11.5 Å². The summed E-state index contributed by atoms with van der Waals surface area (Å²) in [6.07, 6.45) is 2.24. The minimum absolute atomic E-state index is 0. The van der Waals surface area contributed by atoms with E-state index in [0.717, 1.165) is 43.9 Å². The first-order valence-corrected chi connectivity index (χ1v) is 10.6. The molecule has 31 heavy (non-hydrogen) atoms. The fraction of sp³-hybridized carbons (Fsp3) is 0.360.